The van der Waals surface area contributed by atoms with E-state index in [4.69, 9.17) is 30.7 Å². The molecule has 1 aliphatic heterocycles. The molecule has 0 amide bonds. The first-order valence-corrected chi connectivity index (χ1v) is 11.3. The summed E-state index contributed by atoms with van der Waals surface area (Å²) in [5.41, 5.74) is 13.2. The fraction of sp³-hybridized carbons (Fsp3) is 0.409. The Bertz CT molecular complexity index is 1070. The minimum absolute atomic E-state index is 0.131. The van der Waals surface area contributed by atoms with Crippen LogP contribution in [0.4, 0.5) is 11.6 Å². The molecule has 0 aliphatic carbocycles. The molecule has 32 heavy (non-hydrogen) atoms. The minimum Gasteiger partial charge on any atom is -0.493 e. The summed E-state index contributed by atoms with van der Waals surface area (Å²) in [7, 11) is 1.65. The summed E-state index contributed by atoms with van der Waals surface area (Å²) in [6, 6.07) is 7.48. The number of thiazole rings is 1. The van der Waals surface area contributed by atoms with Crippen LogP contribution in [0.3, 0.4) is 0 Å². The van der Waals surface area contributed by atoms with Crippen LogP contribution in [0.2, 0.25) is 0 Å². The second kappa shape index (κ2) is 9.58. The summed E-state index contributed by atoms with van der Waals surface area (Å²) in [4.78, 5) is 16.4. The van der Waals surface area contributed by atoms with Crippen molar-refractivity contribution < 1.29 is 14.2 Å². The number of hydrogen-bond donors (Lipinski definition) is 2. The van der Waals surface area contributed by atoms with Gasteiger partial charge in [0.2, 0.25) is 0 Å². The van der Waals surface area contributed by atoms with Gasteiger partial charge in [-0.15, -0.1) is 11.3 Å². The summed E-state index contributed by atoms with van der Waals surface area (Å²) in [5.74, 6) is 1.94. The molecule has 4 rings (SSSR count). The van der Waals surface area contributed by atoms with Crippen LogP contribution in [-0.4, -0.2) is 53.2 Å². The van der Waals surface area contributed by atoms with Crippen molar-refractivity contribution in [2.45, 2.75) is 26.4 Å². The predicted octanol–water partition coefficient (Wildman–Crippen LogP) is 3.31. The number of nitrogen functional groups attached to an aromatic ring is 2. The van der Waals surface area contributed by atoms with E-state index in [9.17, 15) is 0 Å². The number of methoxy groups -OCH3 is 1. The van der Waals surface area contributed by atoms with Crippen molar-refractivity contribution in [1.82, 2.24) is 19.9 Å². The van der Waals surface area contributed by atoms with Gasteiger partial charge in [0, 0.05) is 23.1 Å². The molecule has 1 unspecified atom stereocenters. The van der Waals surface area contributed by atoms with Gasteiger partial charge >= 0.3 is 6.01 Å². The molecule has 10 heteroatoms. The van der Waals surface area contributed by atoms with Crippen molar-refractivity contribution in [1.29, 1.82) is 0 Å². The van der Waals surface area contributed by atoms with Crippen molar-refractivity contribution in [3.05, 3.63) is 34.8 Å². The van der Waals surface area contributed by atoms with Crippen LogP contribution in [0.1, 0.15) is 30.0 Å². The predicted molar refractivity (Wildman–Crippen MR) is 125 cm³/mol. The third-order valence-electron chi connectivity index (χ3n) is 5.27. The van der Waals surface area contributed by atoms with Crippen molar-refractivity contribution >= 4 is 23.0 Å². The average Bonchev–Trinajstić information content (AvgIpc) is 3.10. The molecule has 0 radical (unpaired) electrons. The van der Waals surface area contributed by atoms with Gasteiger partial charge in [-0.3, -0.25) is 4.90 Å². The highest BCUT2D eigenvalue weighted by atomic mass is 32.1. The minimum atomic E-state index is -0.369. The van der Waals surface area contributed by atoms with Crippen LogP contribution >= 0.6 is 11.3 Å². The Morgan fingerprint density at radius 3 is 2.50 bits per heavy atom. The van der Waals surface area contributed by atoms with Crippen LogP contribution in [0.15, 0.2) is 24.3 Å². The zero-order valence-electron chi connectivity index (χ0n) is 18.5. The number of likely N-dealkylation sites (tertiary alicyclic amines) is 1. The largest absolute Gasteiger partial charge is 0.493 e. The Balaban J connectivity index is 1.51. The number of aromatic nitrogens is 3. The molecule has 1 aromatic carbocycles. The maximum absolute atomic E-state index is 6.03. The number of ether oxygens (including phenoxy) is 3. The normalized spacial score (nSPS) is 14.6. The van der Waals surface area contributed by atoms with Crippen LogP contribution in [0.5, 0.6) is 17.5 Å². The highest BCUT2D eigenvalue weighted by Crippen LogP contribution is 2.36. The molecule has 0 spiro atoms. The smallest absolute Gasteiger partial charge is 0.320 e. The van der Waals surface area contributed by atoms with Crippen molar-refractivity contribution in [3.8, 4) is 28.1 Å². The molecule has 1 atom stereocenters. The van der Waals surface area contributed by atoms with Gasteiger partial charge < -0.3 is 25.7 Å². The quantitative estimate of drug-likeness (QED) is 0.499. The monoisotopic (exact) mass is 456 g/mol. The Morgan fingerprint density at radius 2 is 1.84 bits per heavy atom. The highest BCUT2D eigenvalue weighted by molar-refractivity contribution is 7.15. The summed E-state index contributed by atoms with van der Waals surface area (Å²) < 4.78 is 17.4. The van der Waals surface area contributed by atoms with Crippen molar-refractivity contribution in [2.75, 3.05) is 44.8 Å². The third kappa shape index (κ3) is 5.03. The van der Waals surface area contributed by atoms with Crippen LogP contribution < -0.4 is 25.7 Å². The van der Waals surface area contributed by atoms with Gasteiger partial charge in [0.15, 0.2) is 11.5 Å². The van der Waals surface area contributed by atoms with Gasteiger partial charge in [0.05, 0.1) is 12.8 Å². The van der Waals surface area contributed by atoms with E-state index >= 15 is 0 Å². The first kappa shape index (κ1) is 22.1. The number of nitrogens with zero attached hydrogens (tertiary/aromatic N) is 4. The molecule has 1 fully saturated rings. The van der Waals surface area contributed by atoms with Crippen LogP contribution in [0, 0.1) is 6.92 Å². The molecule has 170 valence electrons. The maximum Gasteiger partial charge on any atom is 0.320 e. The molecule has 0 bridgehead atoms. The Kier molecular flexibility index (Phi) is 6.61. The second-order valence-corrected chi connectivity index (χ2v) is 8.83. The van der Waals surface area contributed by atoms with Crippen molar-refractivity contribution in [2.24, 2.45) is 0 Å². The topological polar surface area (TPSA) is 122 Å². The molecule has 1 aliphatic rings. The van der Waals surface area contributed by atoms with E-state index in [1.807, 2.05) is 32.0 Å². The Morgan fingerprint density at radius 1 is 1.09 bits per heavy atom. The van der Waals surface area contributed by atoms with Gasteiger partial charge in [-0.2, -0.15) is 9.97 Å². The lowest BCUT2D eigenvalue weighted by atomic mass is 10.2. The van der Waals surface area contributed by atoms with E-state index < -0.39 is 0 Å². The molecule has 0 saturated carbocycles. The third-order valence-corrected chi connectivity index (χ3v) is 6.30. The lowest BCUT2D eigenvalue weighted by Crippen LogP contribution is -2.39. The maximum atomic E-state index is 6.03. The summed E-state index contributed by atoms with van der Waals surface area (Å²) >= 11 is 1.59. The Labute approximate surface area is 191 Å². The molecule has 3 heterocycles. The van der Waals surface area contributed by atoms with E-state index in [-0.39, 0.29) is 23.8 Å². The number of rotatable bonds is 9. The molecule has 4 N–H and O–H groups in total. The average molecular weight is 457 g/mol. The second-order valence-electron chi connectivity index (χ2n) is 7.63. The van der Waals surface area contributed by atoms with Gasteiger partial charge in [-0.05, 0) is 51.6 Å². The van der Waals surface area contributed by atoms with Gasteiger partial charge in [-0.25, -0.2) is 4.98 Å². The van der Waals surface area contributed by atoms with Crippen molar-refractivity contribution in [3.63, 3.8) is 0 Å². The molecule has 9 nitrogen and oxygen atoms in total. The molecular weight excluding hydrogens is 428 g/mol. The lowest BCUT2D eigenvalue weighted by molar-refractivity contribution is 0.145. The van der Waals surface area contributed by atoms with Gasteiger partial charge in [0.25, 0.3) is 0 Å². The van der Waals surface area contributed by atoms with E-state index in [1.165, 1.54) is 12.5 Å². The number of hydrogen-bond acceptors (Lipinski definition) is 10. The standard InChI is InChI=1S/C22H28N6O3S/c1-13(31-22-25-18(23)12-19(24)26-22)20-14(2)32-21(27-20)15-5-6-16(29-3)17(11-15)30-10-9-28-7-4-8-28/h5-6,11-13H,4,7-10H2,1-3H3,(H4,23,24,25,26). The number of aryl methyl sites for hydroxylation is 1. The molecule has 3 aromatic rings. The molecule has 2 aromatic heterocycles. The van der Waals surface area contributed by atoms with E-state index in [0.717, 1.165) is 40.8 Å². The first-order chi connectivity index (χ1) is 15.4. The van der Waals surface area contributed by atoms with Gasteiger partial charge in [0.1, 0.15) is 29.4 Å². The molecule has 1 saturated heterocycles. The Hall–Kier alpha value is -3.11. The fourth-order valence-electron chi connectivity index (χ4n) is 3.45. The highest BCUT2D eigenvalue weighted by Gasteiger charge is 2.20. The molecular formula is C22H28N6O3S. The summed E-state index contributed by atoms with van der Waals surface area (Å²) in [6.07, 6.45) is 0.899. The number of benzene rings is 1. The SMILES string of the molecule is COc1ccc(-c2nc(C(C)Oc3nc(N)cc(N)n3)c(C)s2)cc1OCCN1CCC1. The summed E-state index contributed by atoms with van der Waals surface area (Å²) in [5, 5.41) is 0.871. The zero-order valence-corrected chi connectivity index (χ0v) is 19.3. The van der Waals surface area contributed by atoms with Crippen LogP contribution in [-0.2, 0) is 0 Å². The fourth-order valence-corrected chi connectivity index (χ4v) is 4.45. The first-order valence-electron chi connectivity index (χ1n) is 10.5. The zero-order chi connectivity index (χ0) is 22.7. The van der Waals surface area contributed by atoms with E-state index in [2.05, 4.69) is 14.9 Å². The summed E-state index contributed by atoms with van der Waals surface area (Å²) in [6.45, 7) is 7.74. The van der Waals surface area contributed by atoms with E-state index in [0.29, 0.717) is 18.1 Å². The lowest BCUT2D eigenvalue weighted by Gasteiger charge is -2.30. The number of nitrogens with two attached hydrogens (primary N) is 2. The van der Waals surface area contributed by atoms with E-state index in [1.54, 1.807) is 18.4 Å². The number of anilines is 2. The van der Waals surface area contributed by atoms with Crippen LogP contribution in [0.25, 0.3) is 10.6 Å². The van der Waals surface area contributed by atoms with Gasteiger partial charge in [-0.1, -0.05) is 0 Å².